The molecule has 1 unspecified atom stereocenters. The summed E-state index contributed by atoms with van der Waals surface area (Å²) in [6.45, 7) is 5.95. The molecule has 1 aromatic rings. The summed E-state index contributed by atoms with van der Waals surface area (Å²) in [5.41, 5.74) is 1.47. The number of rotatable bonds is 5. The van der Waals surface area contributed by atoms with Crippen LogP contribution < -0.4 is 9.46 Å². The van der Waals surface area contributed by atoms with Crippen LogP contribution in [0.2, 0.25) is 0 Å². The van der Waals surface area contributed by atoms with Gasteiger partial charge >= 0.3 is 0 Å². The Bertz CT molecular complexity index is 483. The number of anilines is 1. The molecule has 0 aromatic heterocycles. The SMILES string of the molecule is CCC(C)Oc1ccc(NS(C)(=O)=O)cc1C. The quantitative estimate of drug-likeness (QED) is 0.882. The third-order valence-corrected chi connectivity index (χ3v) is 2.99. The summed E-state index contributed by atoms with van der Waals surface area (Å²) >= 11 is 0. The van der Waals surface area contributed by atoms with Crippen molar-refractivity contribution in [3.8, 4) is 5.75 Å². The first-order chi connectivity index (χ1) is 7.81. The van der Waals surface area contributed by atoms with E-state index in [0.29, 0.717) is 5.69 Å². The summed E-state index contributed by atoms with van der Waals surface area (Å²) in [7, 11) is -3.23. The molecule has 0 aliphatic heterocycles. The molecule has 0 amide bonds. The Labute approximate surface area is 103 Å². The second-order valence-corrected chi connectivity index (χ2v) is 5.94. The van der Waals surface area contributed by atoms with E-state index < -0.39 is 10.0 Å². The molecule has 1 aromatic carbocycles. The Morgan fingerprint density at radius 2 is 2.06 bits per heavy atom. The lowest BCUT2D eigenvalue weighted by atomic mass is 10.2. The van der Waals surface area contributed by atoms with Crippen molar-refractivity contribution in [3.05, 3.63) is 23.8 Å². The fraction of sp³-hybridized carbons (Fsp3) is 0.500. The van der Waals surface area contributed by atoms with Gasteiger partial charge < -0.3 is 4.74 Å². The molecule has 96 valence electrons. The Balaban J connectivity index is 2.86. The molecule has 0 bridgehead atoms. The topological polar surface area (TPSA) is 55.4 Å². The second-order valence-electron chi connectivity index (χ2n) is 4.19. The molecule has 0 fully saturated rings. The van der Waals surface area contributed by atoms with E-state index in [-0.39, 0.29) is 6.10 Å². The molecule has 0 spiro atoms. The molecule has 1 atom stereocenters. The number of nitrogens with one attached hydrogen (secondary N) is 1. The lowest BCUT2D eigenvalue weighted by molar-refractivity contribution is 0.216. The molecule has 17 heavy (non-hydrogen) atoms. The van der Waals surface area contributed by atoms with Crippen molar-refractivity contribution < 1.29 is 13.2 Å². The van der Waals surface area contributed by atoms with E-state index in [4.69, 9.17) is 4.74 Å². The maximum Gasteiger partial charge on any atom is 0.229 e. The van der Waals surface area contributed by atoms with Gasteiger partial charge in [0.25, 0.3) is 0 Å². The van der Waals surface area contributed by atoms with Crippen molar-refractivity contribution in [2.24, 2.45) is 0 Å². The van der Waals surface area contributed by atoms with Gasteiger partial charge in [0.2, 0.25) is 10.0 Å². The summed E-state index contributed by atoms with van der Waals surface area (Å²) in [6.07, 6.45) is 2.22. The molecule has 0 aliphatic rings. The van der Waals surface area contributed by atoms with Crippen molar-refractivity contribution in [2.45, 2.75) is 33.3 Å². The Morgan fingerprint density at radius 3 is 2.53 bits per heavy atom. The lowest BCUT2D eigenvalue weighted by Gasteiger charge is -2.15. The van der Waals surface area contributed by atoms with Crippen LogP contribution in [0.15, 0.2) is 18.2 Å². The normalized spacial score (nSPS) is 13.2. The zero-order valence-corrected chi connectivity index (χ0v) is 11.5. The van der Waals surface area contributed by atoms with Gasteiger partial charge in [-0.3, -0.25) is 4.72 Å². The molecule has 5 heteroatoms. The first kappa shape index (κ1) is 13.8. The molecule has 0 heterocycles. The minimum atomic E-state index is -3.23. The van der Waals surface area contributed by atoms with Crippen LogP contribution in [0.4, 0.5) is 5.69 Å². The summed E-state index contributed by atoms with van der Waals surface area (Å²) < 4.78 is 30.3. The summed E-state index contributed by atoms with van der Waals surface area (Å²) in [4.78, 5) is 0. The van der Waals surface area contributed by atoms with Crippen LogP contribution in [-0.2, 0) is 10.0 Å². The van der Waals surface area contributed by atoms with Crippen LogP contribution in [0.1, 0.15) is 25.8 Å². The number of sulfonamides is 1. The predicted octanol–water partition coefficient (Wildman–Crippen LogP) is 2.54. The lowest BCUT2D eigenvalue weighted by Crippen LogP contribution is -2.12. The first-order valence-corrected chi connectivity index (χ1v) is 7.46. The average Bonchev–Trinajstić information content (AvgIpc) is 2.19. The molecule has 0 saturated carbocycles. The van der Waals surface area contributed by atoms with Gasteiger partial charge in [-0.05, 0) is 44.0 Å². The van der Waals surface area contributed by atoms with Crippen molar-refractivity contribution in [1.29, 1.82) is 0 Å². The highest BCUT2D eigenvalue weighted by Gasteiger charge is 2.07. The highest BCUT2D eigenvalue weighted by molar-refractivity contribution is 7.92. The van der Waals surface area contributed by atoms with Crippen molar-refractivity contribution in [1.82, 2.24) is 0 Å². The molecule has 0 aliphatic carbocycles. The molecule has 0 radical (unpaired) electrons. The molecule has 0 saturated heterocycles. The third-order valence-electron chi connectivity index (χ3n) is 2.38. The zero-order chi connectivity index (χ0) is 13.1. The van der Waals surface area contributed by atoms with E-state index in [1.807, 2.05) is 13.8 Å². The van der Waals surface area contributed by atoms with Gasteiger partial charge in [0.05, 0.1) is 12.4 Å². The van der Waals surface area contributed by atoms with Crippen LogP contribution >= 0.6 is 0 Å². The number of hydrogen-bond acceptors (Lipinski definition) is 3. The first-order valence-electron chi connectivity index (χ1n) is 5.57. The fourth-order valence-corrected chi connectivity index (χ4v) is 1.91. The van der Waals surface area contributed by atoms with E-state index >= 15 is 0 Å². The molecular formula is C12H19NO3S. The number of benzene rings is 1. The van der Waals surface area contributed by atoms with Crippen LogP contribution in [0.25, 0.3) is 0 Å². The molecule has 4 nitrogen and oxygen atoms in total. The van der Waals surface area contributed by atoms with Gasteiger partial charge in [0.15, 0.2) is 0 Å². The summed E-state index contributed by atoms with van der Waals surface area (Å²) in [5.74, 6) is 0.790. The van der Waals surface area contributed by atoms with E-state index in [2.05, 4.69) is 11.6 Å². The van der Waals surface area contributed by atoms with Crippen molar-refractivity contribution >= 4 is 15.7 Å². The Hall–Kier alpha value is -1.23. The van der Waals surface area contributed by atoms with Crippen LogP contribution in [0.5, 0.6) is 5.75 Å². The van der Waals surface area contributed by atoms with E-state index in [1.54, 1.807) is 18.2 Å². The maximum absolute atomic E-state index is 11.1. The van der Waals surface area contributed by atoms with Gasteiger partial charge in [-0.1, -0.05) is 6.92 Å². The van der Waals surface area contributed by atoms with E-state index in [0.717, 1.165) is 24.0 Å². The molecular weight excluding hydrogens is 238 g/mol. The average molecular weight is 257 g/mol. The van der Waals surface area contributed by atoms with Crippen LogP contribution in [0.3, 0.4) is 0 Å². The van der Waals surface area contributed by atoms with Crippen LogP contribution in [0, 0.1) is 6.92 Å². The van der Waals surface area contributed by atoms with E-state index in [9.17, 15) is 8.42 Å². The fourth-order valence-electron chi connectivity index (χ4n) is 1.36. The Morgan fingerprint density at radius 1 is 1.41 bits per heavy atom. The van der Waals surface area contributed by atoms with E-state index in [1.165, 1.54) is 0 Å². The smallest absolute Gasteiger partial charge is 0.229 e. The number of aryl methyl sites for hydroxylation is 1. The van der Waals surface area contributed by atoms with Gasteiger partial charge in [-0.25, -0.2) is 8.42 Å². The van der Waals surface area contributed by atoms with Gasteiger partial charge in [-0.15, -0.1) is 0 Å². The maximum atomic E-state index is 11.1. The van der Waals surface area contributed by atoms with Crippen LogP contribution in [-0.4, -0.2) is 20.8 Å². The zero-order valence-electron chi connectivity index (χ0n) is 10.6. The summed E-state index contributed by atoms with van der Waals surface area (Å²) in [5, 5.41) is 0. The second kappa shape index (κ2) is 5.40. The standard InChI is InChI=1S/C12H19NO3S/c1-5-10(3)16-12-7-6-11(8-9(12)2)13-17(4,14)15/h6-8,10,13H,5H2,1-4H3. The number of ether oxygens (including phenoxy) is 1. The third kappa shape index (κ3) is 4.65. The minimum Gasteiger partial charge on any atom is -0.490 e. The molecule has 1 N–H and O–H groups in total. The van der Waals surface area contributed by atoms with Crippen molar-refractivity contribution in [2.75, 3.05) is 11.0 Å². The number of hydrogen-bond donors (Lipinski definition) is 1. The van der Waals surface area contributed by atoms with Gasteiger partial charge in [0.1, 0.15) is 5.75 Å². The summed E-state index contributed by atoms with van der Waals surface area (Å²) in [6, 6.07) is 5.25. The monoisotopic (exact) mass is 257 g/mol. The van der Waals surface area contributed by atoms with Gasteiger partial charge in [-0.2, -0.15) is 0 Å². The highest BCUT2D eigenvalue weighted by Crippen LogP contribution is 2.23. The van der Waals surface area contributed by atoms with Crippen molar-refractivity contribution in [3.63, 3.8) is 0 Å². The highest BCUT2D eigenvalue weighted by atomic mass is 32.2. The minimum absolute atomic E-state index is 0.155. The largest absolute Gasteiger partial charge is 0.490 e. The predicted molar refractivity (Wildman–Crippen MR) is 70.0 cm³/mol. The Kier molecular flexibility index (Phi) is 4.40. The molecule has 1 rings (SSSR count). The van der Waals surface area contributed by atoms with Gasteiger partial charge in [0, 0.05) is 5.69 Å².